The molecule has 0 saturated heterocycles. The molecule has 0 saturated carbocycles. The number of allylic oxidation sites excluding steroid dienone is 2. The Morgan fingerprint density at radius 3 is 2.75 bits per heavy atom. The number of ketones is 1. The lowest BCUT2D eigenvalue weighted by Crippen LogP contribution is -2.34. The molecule has 1 heterocycles. The summed E-state index contributed by atoms with van der Waals surface area (Å²) in [6, 6.07) is 10.8. The molecule has 0 spiro atoms. The Morgan fingerprint density at radius 1 is 1.29 bits per heavy atom. The molecule has 0 fully saturated rings. The van der Waals surface area contributed by atoms with Gasteiger partial charge in [-0.1, -0.05) is 29.8 Å². The van der Waals surface area contributed by atoms with Crippen LogP contribution in [-0.4, -0.2) is 18.4 Å². The molecule has 0 aliphatic heterocycles. The van der Waals surface area contributed by atoms with Gasteiger partial charge in [0.25, 0.3) is 0 Å². The summed E-state index contributed by atoms with van der Waals surface area (Å²) in [5.41, 5.74) is 1.53. The molecule has 0 amide bonds. The monoisotopic (exact) mass is 344 g/mol. The molecule has 1 aliphatic rings. The third kappa shape index (κ3) is 3.15. The average molecular weight is 345 g/mol. The van der Waals surface area contributed by atoms with Gasteiger partial charge in [0, 0.05) is 10.9 Å². The second-order valence-corrected chi connectivity index (χ2v) is 6.02. The normalized spacial score (nSPS) is 20.6. The van der Waals surface area contributed by atoms with Crippen molar-refractivity contribution < 1.29 is 18.7 Å². The summed E-state index contributed by atoms with van der Waals surface area (Å²) in [6.45, 7) is 1.95. The number of carbonyl (C=O) groups excluding carboxylic acids is 2. The Labute approximate surface area is 145 Å². The number of hydrogen-bond donors (Lipinski definition) is 0. The Balaban J connectivity index is 2.04. The average Bonchev–Trinajstić information content (AvgIpc) is 3.09. The van der Waals surface area contributed by atoms with Crippen molar-refractivity contribution in [1.82, 2.24) is 0 Å². The first-order chi connectivity index (χ1) is 11.6. The number of carbonyl (C=O) groups is 2. The van der Waals surface area contributed by atoms with Gasteiger partial charge in [-0.2, -0.15) is 0 Å². The summed E-state index contributed by atoms with van der Waals surface area (Å²) in [5.74, 6) is -1.43. The van der Waals surface area contributed by atoms with Crippen LogP contribution in [0.4, 0.5) is 0 Å². The van der Waals surface area contributed by atoms with Crippen LogP contribution in [0, 0.1) is 5.92 Å². The van der Waals surface area contributed by atoms with Crippen LogP contribution in [0.1, 0.15) is 30.6 Å². The highest BCUT2D eigenvalue weighted by molar-refractivity contribution is 6.31. The number of ether oxygens (including phenoxy) is 1. The summed E-state index contributed by atoms with van der Waals surface area (Å²) in [6.07, 6.45) is 3.52. The van der Waals surface area contributed by atoms with E-state index in [1.165, 1.54) is 6.08 Å². The van der Waals surface area contributed by atoms with Gasteiger partial charge in [0.05, 0.1) is 12.9 Å². The smallest absolute Gasteiger partial charge is 0.317 e. The lowest BCUT2D eigenvalue weighted by molar-refractivity contribution is -0.151. The van der Waals surface area contributed by atoms with Crippen molar-refractivity contribution in [3.63, 3.8) is 0 Å². The van der Waals surface area contributed by atoms with Gasteiger partial charge in [-0.15, -0.1) is 0 Å². The summed E-state index contributed by atoms with van der Waals surface area (Å²) in [4.78, 5) is 25.0. The van der Waals surface area contributed by atoms with Crippen molar-refractivity contribution in [1.29, 1.82) is 0 Å². The summed E-state index contributed by atoms with van der Waals surface area (Å²) in [5, 5.41) is 0.533. The predicted molar refractivity (Wildman–Crippen MR) is 90.6 cm³/mol. The van der Waals surface area contributed by atoms with Gasteiger partial charge >= 0.3 is 5.97 Å². The molecule has 0 unspecified atom stereocenters. The molecule has 24 heavy (non-hydrogen) atoms. The minimum Gasteiger partial charge on any atom is -0.465 e. The Hall–Kier alpha value is -2.33. The predicted octanol–water partition coefficient (Wildman–Crippen LogP) is 4.25. The minimum atomic E-state index is -0.886. The molecule has 124 valence electrons. The second kappa shape index (κ2) is 7.05. The van der Waals surface area contributed by atoms with E-state index in [-0.39, 0.29) is 18.3 Å². The molecular formula is C19H17ClO4. The van der Waals surface area contributed by atoms with E-state index in [9.17, 15) is 9.59 Å². The van der Waals surface area contributed by atoms with E-state index < -0.39 is 11.9 Å². The molecule has 3 rings (SSSR count). The van der Waals surface area contributed by atoms with Gasteiger partial charge in [-0.25, -0.2) is 0 Å². The van der Waals surface area contributed by atoms with Crippen molar-refractivity contribution in [3.05, 3.63) is 65.1 Å². The van der Waals surface area contributed by atoms with E-state index in [0.29, 0.717) is 17.2 Å². The number of rotatable bonds is 4. The molecule has 0 bridgehead atoms. The number of furan rings is 1. The van der Waals surface area contributed by atoms with Crippen LogP contribution in [0.2, 0.25) is 5.02 Å². The zero-order valence-electron chi connectivity index (χ0n) is 13.2. The Bertz CT molecular complexity index is 776. The zero-order chi connectivity index (χ0) is 17.1. The van der Waals surface area contributed by atoms with E-state index in [0.717, 1.165) is 11.1 Å². The fraction of sp³-hybridized carbons (Fsp3) is 0.263. The van der Waals surface area contributed by atoms with Gasteiger partial charge in [0.1, 0.15) is 11.7 Å². The molecule has 0 radical (unpaired) electrons. The van der Waals surface area contributed by atoms with Crippen LogP contribution in [0.15, 0.2) is 53.2 Å². The standard InChI is InChI=1S/C19H17ClO4/c1-2-23-19(22)18-14(13-6-3-4-7-15(13)20)10-12(11-16(18)21)17-8-5-9-24-17/h3-9,11,14,18H,2,10H2,1H3/t14-,18-/m0/s1. The Kier molecular flexibility index (Phi) is 4.86. The van der Waals surface area contributed by atoms with Crippen molar-refractivity contribution in [2.75, 3.05) is 6.61 Å². The van der Waals surface area contributed by atoms with Gasteiger partial charge in [0.2, 0.25) is 0 Å². The highest BCUT2D eigenvalue weighted by Crippen LogP contribution is 2.42. The zero-order valence-corrected chi connectivity index (χ0v) is 14.0. The molecule has 0 N–H and O–H groups in total. The second-order valence-electron chi connectivity index (χ2n) is 5.61. The molecule has 4 nitrogen and oxygen atoms in total. The fourth-order valence-corrected chi connectivity index (χ4v) is 3.36. The first-order valence-electron chi connectivity index (χ1n) is 7.81. The van der Waals surface area contributed by atoms with E-state index >= 15 is 0 Å². The largest absolute Gasteiger partial charge is 0.465 e. The van der Waals surface area contributed by atoms with Gasteiger partial charge in [0.15, 0.2) is 5.78 Å². The number of benzene rings is 1. The number of hydrogen-bond acceptors (Lipinski definition) is 4. The summed E-state index contributed by atoms with van der Waals surface area (Å²) < 4.78 is 10.5. The van der Waals surface area contributed by atoms with Crippen LogP contribution in [-0.2, 0) is 14.3 Å². The summed E-state index contributed by atoms with van der Waals surface area (Å²) >= 11 is 6.32. The maximum absolute atomic E-state index is 12.6. The van der Waals surface area contributed by atoms with Gasteiger partial charge in [-0.3, -0.25) is 9.59 Å². The third-order valence-corrected chi connectivity index (χ3v) is 4.49. The Morgan fingerprint density at radius 2 is 2.08 bits per heavy atom. The summed E-state index contributed by atoms with van der Waals surface area (Å²) in [7, 11) is 0. The highest BCUT2D eigenvalue weighted by atomic mass is 35.5. The van der Waals surface area contributed by atoms with Gasteiger partial charge < -0.3 is 9.15 Å². The van der Waals surface area contributed by atoms with E-state index in [2.05, 4.69) is 0 Å². The van der Waals surface area contributed by atoms with Crippen molar-refractivity contribution in [3.8, 4) is 0 Å². The van der Waals surface area contributed by atoms with Crippen LogP contribution in [0.25, 0.3) is 5.57 Å². The fourth-order valence-electron chi connectivity index (χ4n) is 3.08. The minimum absolute atomic E-state index is 0.229. The van der Waals surface area contributed by atoms with Crippen LogP contribution in [0.5, 0.6) is 0 Å². The molecule has 2 aromatic rings. The molecular weight excluding hydrogens is 328 g/mol. The van der Waals surface area contributed by atoms with Gasteiger partial charge in [-0.05, 0) is 48.8 Å². The molecule has 1 aromatic heterocycles. The van der Waals surface area contributed by atoms with Crippen molar-refractivity contribution in [2.45, 2.75) is 19.3 Å². The molecule has 1 aromatic carbocycles. The van der Waals surface area contributed by atoms with Crippen LogP contribution >= 0.6 is 11.6 Å². The van der Waals surface area contributed by atoms with Crippen molar-refractivity contribution >= 4 is 28.9 Å². The van der Waals surface area contributed by atoms with E-state index in [4.69, 9.17) is 20.8 Å². The maximum atomic E-state index is 12.6. The molecule has 5 heteroatoms. The van der Waals surface area contributed by atoms with Crippen LogP contribution < -0.4 is 0 Å². The number of esters is 1. The SMILES string of the molecule is CCOC(=O)[C@@H]1C(=O)C=C(c2ccco2)C[C@H]1c1ccccc1Cl. The topological polar surface area (TPSA) is 56.5 Å². The molecule has 1 aliphatic carbocycles. The van der Waals surface area contributed by atoms with Crippen molar-refractivity contribution in [2.24, 2.45) is 5.92 Å². The first-order valence-corrected chi connectivity index (χ1v) is 8.19. The molecule has 2 atom stereocenters. The lowest BCUT2D eigenvalue weighted by Gasteiger charge is -2.29. The number of halogens is 1. The maximum Gasteiger partial charge on any atom is 0.317 e. The van der Waals surface area contributed by atoms with E-state index in [1.807, 2.05) is 18.2 Å². The third-order valence-electron chi connectivity index (χ3n) is 4.15. The lowest BCUT2D eigenvalue weighted by atomic mass is 9.74. The highest BCUT2D eigenvalue weighted by Gasteiger charge is 2.40. The van der Waals surface area contributed by atoms with E-state index in [1.54, 1.807) is 31.4 Å². The first kappa shape index (κ1) is 16.5. The quantitative estimate of drug-likeness (QED) is 0.614. The van der Waals surface area contributed by atoms with Crippen LogP contribution in [0.3, 0.4) is 0 Å².